The monoisotopic (exact) mass is 472 g/mol. The third-order valence-electron chi connectivity index (χ3n) is 6.67. The number of rotatable bonds is 7. The number of Topliss-reactive ketones (excluding diaryl/α,β-unsaturated/α-hetero) is 1. The number of ether oxygens (including phenoxy) is 3. The fourth-order valence-electron chi connectivity index (χ4n) is 4.64. The number of likely N-dealkylation sites (tertiary alicyclic amines) is 1. The van der Waals surface area contributed by atoms with Crippen molar-refractivity contribution in [2.45, 2.75) is 57.2 Å². The highest BCUT2D eigenvalue weighted by molar-refractivity contribution is 7.10. The first-order valence-corrected chi connectivity index (χ1v) is 11.8. The Morgan fingerprint density at radius 1 is 1.24 bits per heavy atom. The van der Waals surface area contributed by atoms with Crippen molar-refractivity contribution in [2.75, 3.05) is 19.0 Å². The zero-order valence-electron chi connectivity index (χ0n) is 19.1. The number of anilines is 1. The van der Waals surface area contributed by atoms with Gasteiger partial charge < -0.3 is 19.5 Å². The normalized spacial score (nSPS) is 25.5. The van der Waals surface area contributed by atoms with Crippen LogP contribution >= 0.6 is 11.3 Å². The molecule has 1 aromatic carbocycles. The molecule has 0 aliphatic carbocycles. The Balaban J connectivity index is 1.68. The van der Waals surface area contributed by atoms with E-state index < -0.39 is 23.5 Å². The molecule has 8 nitrogen and oxygen atoms in total. The van der Waals surface area contributed by atoms with Crippen LogP contribution in [0, 0.1) is 0 Å². The van der Waals surface area contributed by atoms with Gasteiger partial charge >= 0.3 is 17.8 Å². The lowest BCUT2D eigenvalue weighted by molar-refractivity contribution is -0.355. The molecule has 4 rings (SSSR count). The molecule has 1 aromatic heterocycles. The number of carbonyl (C=O) groups is 3. The summed E-state index contributed by atoms with van der Waals surface area (Å²) in [5.74, 6) is -3.73. The molecule has 3 atom stereocenters. The van der Waals surface area contributed by atoms with Gasteiger partial charge in [0.05, 0.1) is 6.04 Å². The Morgan fingerprint density at radius 3 is 2.45 bits per heavy atom. The predicted molar refractivity (Wildman–Crippen MR) is 123 cm³/mol. The van der Waals surface area contributed by atoms with Crippen molar-refractivity contribution in [1.82, 2.24) is 4.90 Å². The maximum atomic E-state index is 12.3. The summed E-state index contributed by atoms with van der Waals surface area (Å²) < 4.78 is 17.3. The Kier molecular flexibility index (Phi) is 6.30. The standard InChI is InChI=1S/C24H28N2O6S/c1-5-18(27)16-8-10-17(11-9-16)25-20-12-13-26(15(2)19-7-6-14-33-19)24(23(20,3)30-4)31-21(28)22(29)32-24/h6-11,14-15,20,25H,5,12-13H2,1-4H3. The number of benzene rings is 1. The number of ketones is 1. The average Bonchev–Trinajstić information content (AvgIpc) is 3.46. The van der Waals surface area contributed by atoms with E-state index in [-0.39, 0.29) is 17.9 Å². The van der Waals surface area contributed by atoms with Gasteiger partial charge in [-0.2, -0.15) is 0 Å². The maximum Gasteiger partial charge on any atom is 0.422 e. The van der Waals surface area contributed by atoms with Crippen LogP contribution in [0.4, 0.5) is 5.69 Å². The molecule has 2 aliphatic rings. The van der Waals surface area contributed by atoms with E-state index >= 15 is 0 Å². The third kappa shape index (κ3) is 3.84. The second-order valence-corrected chi connectivity index (χ2v) is 9.38. The van der Waals surface area contributed by atoms with E-state index in [9.17, 15) is 14.4 Å². The van der Waals surface area contributed by atoms with Crippen LogP contribution in [-0.2, 0) is 23.8 Å². The van der Waals surface area contributed by atoms with Crippen molar-refractivity contribution in [1.29, 1.82) is 0 Å². The van der Waals surface area contributed by atoms with Gasteiger partial charge in [-0.15, -0.1) is 11.3 Å². The molecule has 0 radical (unpaired) electrons. The molecule has 2 fully saturated rings. The summed E-state index contributed by atoms with van der Waals surface area (Å²) >= 11 is 1.58. The van der Waals surface area contributed by atoms with Gasteiger partial charge in [-0.25, -0.2) is 14.5 Å². The first-order valence-electron chi connectivity index (χ1n) is 11.0. The van der Waals surface area contributed by atoms with E-state index in [4.69, 9.17) is 14.2 Å². The van der Waals surface area contributed by atoms with Crippen LogP contribution in [0.3, 0.4) is 0 Å². The smallest absolute Gasteiger partial charge is 0.397 e. The molecule has 3 unspecified atom stereocenters. The number of hydrogen-bond acceptors (Lipinski definition) is 9. The number of nitrogens with one attached hydrogen (secondary N) is 1. The van der Waals surface area contributed by atoms with E-state index in [0.717, 1.165) is 10.6 Å². The lowest BCUT2D eigenvalue weighted by Crippen LogP contribution is -2.74. The Hall–Kier alpha value is -2.75. The van der Waals surface area contributed by atoms with E-state index in [0.29, 0.717) is 24.9 Å². The molecule has 2 aliphatic heterocycles. The van der Waals surface area contributed by atoms with E-state index in [1.54, 1.807) is 30.4 Å². The first kappa shape index (κ1) is 23.4. The molecule has 0 saturated carbocycles. The van der Waals surface area contributed by atoms with Crippen LogP contribution in [0.15, 0.2) is 41.8 Å². The van der Waals surface area contributed by atoms with Crippen molar-refractivity contribution < 1.29 is 28.6 Å². The topological polar surface area (TPSA) is 94.2 Å². The summed E-state index contributed by atoms with van der Waals surface area (Å²) in [7, 11) is 1.51. The van der Waals surface area contributed by atoms with E-state index in [1.807, 2.05) is 48.4 Å². The van der Waals surface area contributed by atoms with Gasteiger partial charge in [-0.3, -0.25) is 4.79 Å². The summed E-state index contributed by atoms with van der Waals surface area (Å²) in [5.41, 5.74) is 0.199. The van der Waals surface area contributed by atoms with Gasteiger partial charge in [-0.05, 0) is 56.0 Å². The summed E-state index contributed by atoms with van der Waals surface area (Å²) in [4.78, 5) is 39.4. The van der Waals surface area contributed by atoms with Crippen molar-refractivity contribution in [2.24, 2.45) is 0 Å². The minimum Gasteiger partial charge on any atom is -0.397 e. The number of methoxy groups -OCH3 is 1. The van der Waals surface area contributed by atoms with Gasteiger partial charge in [0.1, 0.15) is 0 Å². The lowest BCUT2D eigenvalue weighted by Gasteiger charge is -2.55. The van der Waals surface area contributed by atoms with Gasteiger partial charge in [-0.1, -0.05) is 13.0 Å². The third-order valence-corrected chi connectivity index (χ3v) is 7.72. The van der Waals surface area contributed by atoms with E-state index in [2.05, 4.69) is 5.32 Å². The fraction of sp³-hybridized carbons (Fsp3) is 0.458. The lowest BCUT2D eigenvalue weighted by atomic mass is 9.83. The Morgan fingerprint density at radius 2 is 1.91 bits per heavy atom. The largest absolute Gasteiger partial charge is 0.422 e. The Labute approximate surface area is 196 Å². The molecule has 176 valence electrons. The minimum atomic E-state index is -1.73. The van der Waals surface area contributed by atoms with Gasteiger partial charge in [0.25, 0.3) is 0 Å². The summed E-state index contributed by atoms with van der Waals surface area (Å²) in [6.45, 7) is 6.08. The van der Waals surface area contributed by atoms with Gasteiger partial charge in [0.2, 0.25) is 0 Å². The molecular formula is C24H28N2O6S. The molecule has 2 saturated heterocycles. The van der Waals surface area contributed by atoms with Crippen molar-refractivity contribution in [3.05, 3.63) is 52.2 Å². The second kappa shape index (κ2) is 8.89. The number of carbonyl (C=O) groups excluding carboxylic acids is 3. The first-order chi connectivity index (χ1) is 15.8. The molecule has 0 bridgehead atoms. The zero-order valence-corrected chi connectivity index (χ0v) is 19.9. The maximum absolute atomic E-state index is 12.3. The number of esters is 2. The van der Waals surface area contributed by atoms with Crippen LogP contribution in [0.1, 0.15) is 54.9 Å². The Bertz CT molecular complexity index is 1020. The van der Waals surface area contributed by atoms with Crippen LogP contribution in [0.5, 0.6) is 0 Å². The highest BCUT2D eigenvalue weighted by atomic mass is 32.1. The minimum absolute atomic E-state index is 0.0721. The molecule has 3 heterocycles. The number of hydrogen-bond donors (Lipinski definition) is 1. The molecule has 1 spiro atoms. The number of thiophene rings is 1. The average molecular weight is 473 g/mol. The highest BCUT2D eigenvalue weighted by Crippen LogP contribution is 2.49. The van der Waals surface area contributed by atoms with Crippen LogP contribution in [0.25, 0.3) is 0 Å². The highest BCUT2D eigenvalue weighted by Gasteiger charge is 2.70. The van der Waals surface area contributed by atoms with Crippen molar-refractivity contribution >= 4 is 34.7 Å². The summed E-state index contributed by atoms with van der Waals surface area (Å²) in [6.07, 6.45) is 1.07. The molecule has 9 heteroatoms. The van der Waals surface area contributed by atoms with Crippen molar-refractivity contribution in [3.63, 3.8) is 0 Å². The molecular weight excluding hydrogens is 444 g/mol. The molecule has 1 N–H and O–H groups in total. The van der Waals surface area contributed by atoms with Crippen molar-refractivity contribution in [3.8, 4) is 0 Å². The number of piperidine rings is 1. The molecule has 33 heavy (non-hydrogen) atoms. The van der Waals surface area contributed by atoms with Crippen LogP contribution < -0.4 is 5.32 Å². The fourth-order valence-corrected chi connectivity index (χ4v) is 5.44. The van der Waals surface area contributed by atoms with Gasteiger partial charge in [0.15, 0.2) is 11.4 Å². The van der Waals surface area contributed by atoms with Crippen LogP contribution in [0.2, 0.25) is 0 Å². The van der Waals surface area contributed by atoms with Crippen LogP contribution in [-0.4, -0.2) is 53.8 Å². The predicted octanol–water partition coefficient (Wildman–Crippen LogP) is 3.75. The SMILES string of the molecule is CCC(=O)c1ccc(NC2CCN(C(C)c3cccs3)C3(OC(=O)C(=O)O3)C2(C)OC)cc1. The quantitative estimate of drug-likeness (QED) is 0.370. The summed E-state index contributed by atoms with van der Waals surface area (Å²) in [5, 5.41) is 5.41. The molecule has 2 aromatic rings. The van der Waals surface area contributed by atoms with E-state index in [1.165, 1.54) is 7.11 Å². The van der Waals surface area contributed by atoms with Gasteiger partial charge in [0, 0.05) is 42.2 Å². The zero-order chi connectivity index (χ0) is 23.8. The second-order valence-electron chi connectivity index (χ2n) is 8.40. The summed E-state index contributed by atoms with van der Waals surface area (Å²) in [6, 6.07) is 10.6. The number of nitrogens with zero attached hydrogens (tertiary/aromatic N) is 1. The molecule has 0 amide bonds.